The second-order valence-corrected chi connectivity index (χ2v) is 5.07. The zero-order chi connectivity index (χ0) is 13.7. The molecule has 0 bridgehead atoms. The lowest BCUT2D eigenvalue weighted by molar-refractivity contribution is 0.0273. The molecule has 0 unspecified atom stereocenters. The van der Waals surface area contributed by atoms with Crippen molar-refractivity contribution in [2.45, 2.75) is 51.0 Å². The second kappa shape index (κ2) is 6.56. The molecule has 6 nitrogen and oxygen atoms in total. The van der Waals surface area contributed by atoms with Gasteiger partial charge >= 0.3 is 0 Å². The summed E-state index contributed by atoms with van der Waals surface area (Å²) in [5.41, 5.74) is 17.8. The molecule has 0 spiro atoms. The summed E-state index contributed by atoms with van der Waals surface area (Å²) in [6.07, 6.45) is 8.33. The first kappa shape index (κ1) is 13.9. The molecular formula is C13H23N5O. The average Bonchev–Trinajstić information content (AvgIpc) is 2.38. The SMILES string of the molecule is Nc1nc(N)c(CCCOC2CCCCC2)c(N)n1. The molecule has 1 aliphatic rings. The number of rotatable bonds is 5. The van der Waals surface area contributed by atoms with E-state index in [9.17, 15) is 0 Å². The van der Waals surface area contributed by atoms with E-state index in [1.807, 2.05) is 0 Å². The molecule has 1 fully saturated rings. The van der Waals surface area contributed by atoms with E-state index in [2.05, 4.69) is 9.97 Å². The van der Waals surface area contributed by atoms with Crippen molar-refractivity contribution in [2.75, 3.05) is 23.8 Å². The molecule has 0 aliphatic heterocycles. The monoisotopic (exact) mass is 265 g/mol. The predicted molar refractivity (Wildman–Crippen MR) is 76.4 cm³/mol. The van der Waals surface area contributed by atoms with Crippen LogP contribution in [0.15, 0.2) is 0 Å². The van der Waals surface area contributed by atoms with Crippen molar-refractivity contribution in [2.24, 2.45) is 0 Å². The molecule has 0 atom stereocenters. The fourth-order valence-corrected chi connectivity index (χ4v) is 2.52. The van der Waals surface area contributed by atoms with Crippen molar-refractivity contribution in [3.05, 3.63) is 5.56 Å². The van der Waals surface area contributed by atoms with E-state index in [1.54, 1.807) is 0 Å². The van der Waals surface area contributed by atoms with Gasteiger partial charge in [0.1, 0.15) is 11.6 Å². The summed E-state index contributed by atoms with van der Waals surface area (Å²) < 4.78 is 5.86. The van der Waals surface area contributed by atoms with Crippen LogP contribution in [-0.4, -0.2) is 22.7 Å². The molecule has 1 aromatic heterocycles. The molecule has 0 amide bonds. The van der Waals surface area contributed by atoms with Gasteiger partial charge in [-0.05, 0) is 25.7 Å². The van der Waals surface area contributed by atoms with Crippen LogP contribution in [0.4, 0.5) is 17.6 Å². The standard InChI is InChI=1S/C13H23N5O/c14-11-10(12(15)18-13(16)17-11)7-4-8-19-9-5-2-1-3-6-9/h9H,1-8H2,(H6,14,15,16,17,18). The largest absolute Gasteiger partial charge is 0.383 e. The van der Waals surface area contributed by atoms with Gasteiger partial charge < -0.3 is 21.9 Å². The lowest BCUT2D eigenvalue weighted by Gasteiger charge is -2.22. The van der Waals surface area contributed by atoms with Gasteiger partial charge in [-0.3, -0.25) is 0 Å². The molecule has 2 rings (SSSR count). The third kappa shape index (κ3) is 3.96. The van der Waals surface area contributed by atoms with E-state index >= 15 is 0 Å². The molecule has 0 aromatic carbocycles. The number of nitrogens with zero attached hydrogens (tertiary/aromatic N) is 2. The Bertz CT molecular complexity index is 394. The topological polar surface area (TPSA) is 113 Å². The molecule has 6 heteroatoms. The van der Waals surface area contributed by atoms with Gasteiger partial charge in [0.2, 0.25) is 5.95 Å². The lowest BCUT2D eigenvalue weighted by atomic mass is 9.98. The highest BCUT2D eigenvalue weighted by Gasteiger charge is 2.14. The van der Waals surface area contributed by atoms with E-state index in [-0.39, 0.29) is 5.95 Å². The number of nitrogen functional groups attached to an aromatic ring is 3. The zero-order valence-electron chi connectivity index (χ0n) is 11.3. The van der Waals surface area contributed by atoms with E-state index in [0.717, 1.165) is 25.0 Å². The van der Waals surface area contributed by atoms with Gasteiger partial charge in [0.15, 0.2) is 0 Å². The normalized spacial score (nSPS) is 16.6. The summed E-state index contributed by atoms with van der Waals surface area (Å²) in [5, 5.41) is 0. The summed E-state index contributed by atoms with van der Waals surface area (Å²) in [6, 6.07) is 0. The number of hydrogen-bond donors (Lipinski definition) is 3. The fraction of sp³-hybridized carbons (Fsp3) is 0.692. The smallest absolute Gasteiger partial charge is 0.223 e. The molecular weight excluding hydrogens is 242 g/mol. The fourth-order valence-electron chi connectivity index (χ4n) is 2.52. The molecule has 1 saturated carbocycles. The van der Waals surface area contributed by atoms with Crippen LogP contribution < -0.4 is 17.2 Å². The van der Waals surface area contributed by atoms with Crippen molar-refractivity contribution in [3.8, 4) is 0 Å². The molecule has 0 radical (unpaired) electrons. The lowest BCUT2D eigenvalue weighted by Crippen LogP contribution is -2.17. The maximum Gasteiger partial charge on any atom is 0.223 e. The number of aromatic nitrogens is 2. The highest BCUT2D eigenvalue weighted by atomic mass is 16.5. The number of hydrogen-bond acceptors (Lipinski definition) is 6. The number of ether oxygens (including phenoxy) is 1. The van der Waals surface area contributed by atoms with Gasteiger partial charge in [-0.15, -0.1) is 0 Å². The second-order valence-electron chi connectivity index (χ2n) is 5.07. The Morgan fingerprint density at radius 2 is 1.63 bits per heavy atom. The molecule has 1 heterocycles. The summed E-state index contributed by atoms with van der Waals surface area (Å²) in [4.78, 5) is 7.85. The van der Waals surface area contributed by atoms with Gasteiger partial charge in [0.25, 0.3) is 0 Å². The van der Waals surface area contributed by atoms with Crippen LogP contribution in [0.25, 0.3) is 0 Å². The third-order valence-corrected chi connectivity index (χ3v) is 3.57. The Labute approximate surface area is 113 Å². The van der Waals surface area contributed by atoms with Gasteiger partial charge in [-0.1, -0.05) is 19.3 Å². The minimum Gasteiger partial charge on any atom is -0.383 e. The highest BCUT2D eigenvalue weighted by molar-refractivity contribution is 5.55. The third-order valence-electron chi connectivity index (χ3n) is 3.57. The summed E-state index contributed by atoms with van der Waals surface area (Å²) in [5.74, 6) is 0.877. The van der Waals surface area contributed by atoms with Crippen LogP contribution in [0.2, 0.25) is 0 Å². The van der Waals surface area contributed by atoms with E-state index in [1.165, 1.54) is 32.1 Å². The maximum atomic E-state index is 5.86. The summed E-state index contributed by atoms with van der Waals surface area (Å²) in [6.45, 7) is 0.730. The van der Waals surface area contributed by atoms with Crippen LogP contribution >= 0.6 is 0 Å². The Morgan fingerprint density at radius 3 is 2.26 bits per heavy atom. The number of anilines is 3. The van der Waals surface area contributed by atoms with Gasteiger partial charge in [0, 0.05) is 12.2 Å². The Balaban J connectivity index is 1.76. The van der Waals surface area contributed by atoms with E-state index < -0.39 is 0 Å². The van der Waals surface area contributed by atoms with Crippen LogP contribution in [0, 0.1) is 0 Å². The number of nitrogens with two attached hydrogens (primary N) is 3. The molecule has 106 valence electrons. The van der Waals surface area contributed by atoms with Crippen molar-refractivity contribution in [3.63, 3.8) is 0 Å². The molecule has 19 heavy (non-hydrogen) atoms. The Kier molecular flexibility index (Phi) is 4.79. The van der Waals surface area contributed by atoms with Crippen LogP contribution in [0.1, 0.15) is 44.1 Å². The van der Waals surface area contributed by atoms with Crippen molar-refractivity contribution in [1.29, 1.82) is 0 Å². The van der Waals surface area contributed by atoms with Gasteiger partial charge in [-0.2, -0.15) is 9.97 Å². The zero-order valence-corrected chi connectivity index (χ0v) is 11.3. The molecule has 6 N–H and O–H groups in total. The molecule has 0 saturated heterocycles. The minimum atomic E-state index is 0.122. The maximum absolute atomic E-state index is 5.86. The van der Waals surface area contributed by atoms with Crippen molar-refractivity contribution < 1.29 is 4.74 Å². The Morgan fingerprint density at radius 1 is 1.00 bits per heavy atom. The summed E-state index contributed by atoms with van der Waals surface area (Å²) >= 11 is 0. The first-order chi connectivity index (χ1) is 9.16. The predicted octanol–water partition coefficient (Wildman–Crippen LogP) is 1.51. The molecule has 1 aromatic rings. The minimum absolute atomic E-state index is 0.122. The highest BCUT2D eigenvalue weighted by Crippen LogP contribution is 2.21. The van der Waals surface area contributed by atoms with Crippen LogP contribution in [-0.2, 0) is 11.2 Å². The molecule has 1 aliphatic carbocycles. The Hall–Kier alpha value is -1.56. The van der Waals surface area contributed by atoms with E-state index in [0.29, 0.717) is 17.7 Å². The van der Waals surface area contributed by atoms with Gasteiger partial charge in [0.05, 0.1) is 6.10 Å². The first-order valence-corrected chi connectivity index (χ1v) is 6.95. The van der Waals surface area contributed by atoms with Crippen molar-refractivity contribution in [1.82, 2.24) is 9.97 Å². The summed E-state index contributed by atoms with van der Waals surface area (Å²) in [7, 11) is 0. The van der Waals surface area contributed by atoms with Crippen molar-refractivity contribution >= 4 is 17.6 Å². The quantitative estimate of drug-likeness (QED) is 0.695. The van der Waals surface area contributed by atoms with Gasteiger partial charge in [-0.25, -0.2) is 0 Å². The van der Waals surface area contributed by atoms with E-state index in [4.69, 9.17) is 21.9 Å². The van der Waals surface area contributed by atoms with Crippen LogP contribution in [0.5, 0.6) is 0 Å². The van der Waals surface area contributed by atoms with Crippen LogP contribution in [0.3, 0.4) is 0 Å². The first-order valence-electron chi connectivity index (χ1n) is 6.95. The average molecular weight is 265 g/mol.